The third-order valence-electron chi connectivity index (χ3n) is 1.99. The number of ether oxygens (including phenoxy) is 1. The number of rotatable bonds is 3. The molecule has 4 heteroatoms. The molecular formula is C11H11BrN2O. The minimum absolute atomic E-state index is 0.648. The molecule has 0 saturated carbocycles. The molecule has 3 nitrogen and oxygen atoms in total. The largest absolute Gasteiger partial charge is 0.493 e. The van der Waals surface area contributed by atoms with E-state index in [0.717, 1.165) is 21.6 Å². The smallest absolute Gasteiger partial charge is 0.141 e. The predicted octanol–water partition coefficient (Wildman–Crippen LogP) is 3.24. The summed E-state index contributed by atoms with van der Waals surface area (Å²) in [5, 5.41) is 0. The van der Waals surface area contributed by atoms with Crippen LogP contribution in [0.2, 0.25) is 0 Å². The Bertz CT molecular complexity index is 440. The number of nitrogens with zero attached hydrogens (tertiary/aromatic N) is 1. The lowest BCUT2D eigenvalue weighted by Gasteiger charge is -2.08. The van der Waals surface area contributed by atoms with E-state index in [1.807, 2.05) is 25.1 Å². The summed E-state index contributed by atoms with van der Waals surface area (Å²) in [5.74, 6) is 1.66. The van der Waals surface area contributed by atoms with Crippen molar-refractivity contribution in [1.82, 2.24) is 9.97 Å². The maximum atomic E-state index is 5.53. The van der Waals surface area contributed by atoms with Crippen molar-refractivity contribution in [3.05, 3.63) is 35.1 Å². The van der Waals surface area contributed by atoms with Gasteiger partial charge >= 0.3 is 0 Å². The van der Waals surface area contributed by atoms with Crippen LogP contribution in [0.3, 0.4) is 0 Å². The summed E-state index contributed by atoms with van der Waals surface area (Å²) in [5.41, 5.74) is 0.969. The summed E-state index contributed by atoms with van der Waals surface area (Å²) >= 11 is 3.44. The molecule has 0 bridgehead atoms. The summed E-state index contributed by atoms with van der Waals surface area (Å²) in [4.78, 5) is 7.28. The molecule has 0 aliphatic heterocycles. The normalized spacial score (nSPS) is 10.3. The zero-order valence-electron chi connectivity index (χ0n) is 8.33. The van der Waals surface area contributed by atoms with Crippen molar-refractivity contribution in [3.63, 3.8) is 0 Å². The van der Waals surface area contributed by atoms with Crippen LogP contribution in [0, 0.1) is 0 Å². The van der Waals surface area contributed by atoms with Crippen molar-refractivity contribution in [2.24, 2.45) is 0 Å². The summed E-state index contributed by atoms with van der Waals surface area (Å²) in [7, 11) is 0. The van der Waals surface area contributed by atoms with E-state index in [4.69, 9.17) is 4.74 Å². The second kappa shape index (κ2) is 4.49. The molecule has 0 spiro atoms. The first kappa shape index (κ1) is 10.2. The summed E-state index contributed by atoms with van der Waals surface area (Å²) < 4.78 is 6.55. The Balaban J connectivity index is 2.47. The van der Waals surface area contributed by atoms with Crippen molar-refractivity contribution in [2.45, 2.75) is 6.92 Å². The van der Waals surface area contributed by atoms with Gasteiger partial charge in [-0.15, -0.1) is 0 Å². The van der Waals surface area contributed by atoms with Crippen molar-refractivity contribution in [1.29, 1.82) is 0 Å². The van der Waals surface area contributed by atoms with Crippen LogP contribution in [0.5, 0.6) is 5.75 Å². The first-order valence-corrected chi connectivity index (χ1v) is 5.52. The fourth-order valence-corrected chi connectivity index (χ4v) is 1.74. The zero-order valence-corrected chi connectivity index (χ0v) is 9.91. The molecule has 0 amide bonds. The van der Waals surface area contributed by atoms with E-state index in [1.54, 1.807) is 12.4 Å². The lowest BCUT2D eigenvalue weighted by molar-refractivity contribution is 0.341. The van der Waals surface area contributed by atoms with Crippen LogP contribution in [0.15, 0.2) is 35.1 Å². The maximum absolute atomic E-state index is 5.53. The molecule has 0 atom stereocenters. The van der Waals surface area contributed by atoms with Gasteiger partial charge in [-0.3, -0.25) is 0 Å². The van der Waals surface area contributed by atoms with Gasteiger partial charge in [-0.1, -0.05) is 15.9 Å². The summed E-state index contributed by atoms with van der Waals surface area (Å²) in [6, 6.07) is 5.88. The van der Waals surface area contributed by atoms with Crippen LogP contribution in [0.4, 0.5) is 0 Å². The maximum Gasteiger partial charge on any atom is 0.141 e. The van der Waals surface area contributed by atoms with Crippen LogP contribution in [-0.4, -0.2) is 16.6 Å². The van der Waals surface area contributed by atoms with Crippen LogP contribution < -0.4 is 4.74 Å². The minimum atomic E-state index is 0.648. The Morgan fingerprint density at radius 1 is 1.47 bits per heavy atom. The Hall–Kier alpha value is -1.29. The molecule has 15 heavy (non-hydrogen) atoms. The van der Waals surface area contributed by atoms with Crippen LogP contribution >= 0.6 is 15.9 Å². The number of halogens is 1. The molecule has 0 saturated heterocycles. The van der Waals surface area contributed by atoms with E-state index < -0.39 is 0 Å². The minimum Gasteiger partial charge on any atom is -0.493 e. The highest BCUT2D eigenvalue weighted by Gasteiger charge is 2.08. The fraction of sp³-hybridized carbons (Fsp3) is 0.182. The van der Waals surface area contributed by atoms with Gasteiger partial charge in [-0.25, -0.2) is 4.98 Å². The van der Waals surface area contributed by atoms with Crippen molar-refractivity contribution in [3.8, 4) is 17.1 Å². The number of hydrogen-bond donors (Lipinski definition) is 1. The monoisotopic (exact) mass is 266 g/mol. The number of benzene rings is 1. The van der Waals surface area contributed by atoms with Crippen LogP contribution in [0.25, 0.3) is 11.4 Å². The first-order valence-electron chi connectivity index (χ1n) is 4.73. The highest BCUT2D eigenvalue weighted by molar-refractivity contribution is 9.10. The molecule has 0 aliphatic rings. The molecule has 0 fully saturated rings. The average Bonchev–Trinajstić information content (AvgIpc) is 2.74. The number of H-pyrrole nitrogens is 1. The molecule has 0 radical (unpaired) electrons. The van der Waals surface area contributed by atoms with Gasteiger partial charge in [-0.05, 0) is 25.1 Å². The van der Waals surface area contributed by atoms with E-state index in [0.29, 0.717) is 6.61 Å². The van der Waals surface area contributed by atoms with Gasteiger partial charge in [0.1, 0.15) is 11.6 Å². The second-order valence-electron chi connectivity index (χ2n) is 3.01. The topological polar surface area (TPSA) is 37.9 Å². The molecule has 2 rings (SSSR count). The molecular weight excluding hydrogens is 256 g/mol. The van der Waals surface area contributed by atoms with Gasteiger partial charge in [0.15, 0.2) is 0 Å². The number of aromatic amines is 1. The van der Waals surface area contributed by atoms with Gasteiger partial charge < -0.3 is 9.72 Å². The van der Waals surface area contributed by atoms with Gasteiger partial charge in [0, 0.05) is 16.9 Å². The lowest BCUT2D eigenvalue weighted by atomic mass is 10.2. The Labute approximate surface area is 96.6 Å². The van der Waals surface area contributed by atoms with E-state index >= 15 is 0 Å². The second-order valence-corrected chi connectivity index (χ2v) is 3.93. The van der Waals surface area contributed by atoms with Crippen LogP contribution in [-0.2, 0) is 0 Å². The number of imidazole rings is 1. The van der Waals surface area contributed by atoms with Gasteiger partial charge in [-0.2, -0.15) is 0 Å². The molecule has 1 heterocycles. The quantitative estimate of drug-likeness (QED) is 0.927. The molecule has 0 unspecified atom stereocenters. The highest BCUT2D eigenvalue weighted by atomic mass is 79.9. The highest BCUT2D eigenvalue weighted by Crippen LogP contribution is 2.30. The summed E-state index contributed by atoms with van der Waals surface area (Å²) in [6.45, 7) is 2.61. The van der Waals surface area contributed by atoms with E-state index in [1.165, 1.54) is 0 Å². The molecule has 78 valence electrons. The number of nitrogens with one attached hydrogen (secondary N) is 1. The van der Waals surface area contributed by atoms with Crippen LogP contribution in [0.1, 0.15) is 6.92 Å². The van der Waals surface area contributed by atoms with Crippen molar-refractivity contribution in [2.75, 3.05) is 6.61 Å². The van der Waals surface area contributed by atoms with E-state index in [-0.39, 0.29) is 0 Å². The Morgan fingerprint density at radius 3 is 3.00 bits per heavy atom. The van der Waals surface area contributed by atoms with E-state index in [2.05, 4.69) is 25.9 Å². The standard InChI is InChI=1S/C11H11BrN2O/c1-2-15-10-4-3-8(12)7-9(10)11-13-5-6-14-11/h3-7H,2H2,1H3,(H,13,14). The predicted molar refractivity (Wildman–Crippen MR) is 62.9 cm³/mol. The molecule has 1 aromatic carbocycles. The third-order valence-corrected chi connectivity index (χ3v) is 2.49. The summed E-state index contributed by atoms with van der Waals surface area (Å²) in [6.07, 6.45) is 3.53. The molecule has 1 aromatic heterocycles. The Kier molecular flexibility index (Phi) is 3.06. The first-order chi connectivity index (χ1) is 7.31. The van der Waals surface area contributed by atoms with Gasteiger partial charge in [0.25, 0.3) is 0 Å². The molecule has 2 aromatic rings. The average molecular weight is 267 g/mol. The van der Waals surface area contributed by atoms with Gasteiger partial charge in [0.05, 0.1) is 12.2 Å². The fourth-order valence-electron chi connectivity index (χ4n) is 1.38. The number of aromatic nitrogens is 2. The van der Waals surface area contributed by atoms with Crippen molar-refractivity contribution < 1.29 is 4.74 Å². The Morgan fingerprint density at radius 2 is 2.33 bits per heavy atom. The van der Waals surface area contributed by atoms with Gasteiger partial charge in [0.2, 0.25) is 0 Å². The molecule has 1 N–H and O–H groups in total. The van der Waals surface area contributed by atoms with E-state index in [9.17, 15) is 0 Å². The van der Waals surface area contributed by atoms with Crippen molar-refractivity contribution >= 4 is 15.9 Å². The number of hydrogen-bond acceptors (Lipinski definition) is 2. The lowest BCUT2D eigenvalue weighted by Crippen LogP contribution is -1.94. The third kappa shape index (κ3) is 2.21. The SMILES string of the molecule is CCOc1ccc(Br)cc1-c1ncc[nH]1. The molecule has 0 aliphatic carbocycles. The zero-order chi connectivity index (χ0) is 10.7.